The zero-order valence-electron chi connectivity index (χ0n) is 60.8. The number of nitrogens with zero attached hydrogens (tertiary/aromatic N) is 8. The number of fused-ring (bicyclic) bond motifs is 12. The number of rotatable bonds is 12. The van der Waals surface area contributed by atoms with E-state index >= 15 is 0 Å². The van der Waals surface area contributed by atoms with E-state index in [0.717, 1.165) is 145 Å². The molecule has 0 aliphatic heterocycles. The molecular formula is C104H68N8. The first-order valence-electron chi connectivity index (χ1n) is 38.0. The molecule has 0 aliphatic rings. The summed E-state index contributed by atoms with van der Waals surface area (Å²) in [5.74, 6) is 0. The van der Waals surface area contributed by atoms with Gasteiger partial charge in [-0.05, 0) is 202 Å². The minimum absolute atomic E-state index is 0.928. The summed E-state index contributed by atoms with van der Waals surface area (Å²) in [5, 5.41) is 7.20. The molecule has 0 saturated carbocycles. The summed E-state index contributed by atoms with van der Waals surface area (Å²) in [7, 11) is 0. The number of benzene rings is 14. The predicted octanol–water partition coefficient (Wildman–Crippen LogP) is 26.7. The fourth-order valence-corrected chi connectivity index (χ4v) is 16.7. The van der Waals surface area contributed by atoms with E-state index in [1.165, 1.54) is 54.7 Å². The maximum absolute atomic E-state index is 5.23. The van der Waals surface area contributed by atoms with Gasteiger partial charge in [0, 0.05) is 89.7 Å². The molecule has 14 aromatic carbocycles. The summed E-state index contributed by atoms with van der Waals surface area (Å²) >= 11 is 0. The Labute approximate surface area is 646 Å². The molecule has 8 heteroatoms. The summed E-state index contributed by atoms with van der Waals surface area (Å²) in [6, 6.07) is 142. The summed E-state index contributed by atoms with van der Waals surface area (Å²) < 4.78 is 9.40. The summed E-state index contributed by atoms with van der Waals surface area (Å²) in [6.07, 6.45) is 3.79. The van der Waals surface area contributed by atoms with Crippen molar-refractivity contribution in [2.24, 2.45) is 0 Å². The molecule has 0 atom stereocenters. The van der Waals surface area contributed by atoms with Crippen LogP contribution in [0, 0.1) is 0 Å². The Morgan fingerprint density at radius 1 is 0.152 bits per heavy atom. The van der Waals surface area contributed by atoms with Gasteiger partial charge in [-0.15, -0.1) is 0 Å². The third-order valence-electron chi connectivity index (χ3n) is 21.9. The van der Waals surface area contributed by atoms with Gasteiger partial charge in [0.1, 0.15) is 0 Å². The molecule has 0 spiro atoms. The van der Waals surface area contributed by atoms with Crippen molar-refractivity contribution in [2.75, 3.05) is 0 Å². The Balaban J connectivity index is 0.000000141. The Hall–Kier alpha value is -15.1. The first-order valence-corrected chi connectivity index (χ1v) is 38.0. The lowest BCUT2D eigenvalue weighted by atomic mass is 9.99. The molecule has 8 heterocycles. The highest BCUT2D eigenvalue weighted by Crippen LogP contribution is 2.43. The second-order valence-corrected chi connectivity index (χ2v) is 28.5. The van der Waals surface area contributed by atoms with Crippen molar-refractivity contribution in [1.82, 2.24) is 38.2 Å². The first kappa shape index (κ1) is 65.2. The highest BCUT2D eigenvalue weighted by atomic mass is 15.0. The molecule has 8 aromatic heterocycles. The van der Waals surface area contributed by atoms with Crippen LogP contribution in [0.25, 0.3) is 200 Å². The third kappa shape index (κ3) is 11.6. The smallest absolute Gasteiger partial charge is 0.0963 e. The van der Waals surface area contributed by atoms with Crippen molar-refractivity contribution < 1.29 is 0 Å². The van der Waals surface area contributed by atoms with Crippen LogP contribution in [-0.2, 0) is 0 Å². The minimum Gasteiger partial charge on any atom is -0.309 e. The second kappa shape index (κ2) is 27.6. The van der Waals surface area contributed by atoms with Gasteiger partial charge in [-0.3, -0.25) is 9.97 Å². The van der Waals surface area contributed by atoms with Crippen LogP contribution < -0.4 is 0 Å². The van der Waals surface area contributed by atoms with Crippen molar-refractivity contribution in [1.29, 1.82) is 0 Å². The summed E-state index contributed by atoms with van der Waals surface area (Å²) in [6.45, 7) is 0. The topological polar surface area (TPSA) is 71.3 Å². The van der Waals surface area contributed by atoms with E-state index in [0.29, 0.717) is 0 Å². The first-order chi connectivity index (χ1) is 55.5. The number of hydrogen-bond donors (Lipinski definition) is 0. The summed E-state index contributed by atoms with van der Waals surface area (Å²) in [4.78, 5) is 20.3. The standard InChI is InChI=1S/2C52H34N4/c1-4-14-35(15-5-1)40-33-46(36-16-6-2-7-17-36)54-47(34-40)39-18-12-21-42(30-39)56-50-28-26-38(32-45(50)52-51(56)24-13-29-53-52)37-25-27-49-44(31-37)43-22-10-11-23-48(43)55(49)41-19-8-3-9-20-41;1-4-14-35(15-5-1)46-33-40(34-47(54-46)36-16-6-2-7-17-36)37-18-12-21-42(30-37)56-50-28-26-39(32-45(50)52-51(56)24-13-29-53-52)38-25-27-49-44(31-38)43-22-10-11-23-48(43)55(49)41-19-8-3-9-20-41/h2*1-34H. The molecule has 0 aliphatic carbocycles. The van der Waals surface area contributed by atoms with Gasteiger partial charge in [-0.2, -0.15) is 0 Å². The normalized spacial score (nSPS) is 11.6. The van der Waals surface area contributed by atoms with Crippen LogP contribution in [-0.4, -0.2) is 38.2 Å². The lowest BCUT2D eigenvalue weighted by Gasteiger charge is -2.13. The molecule has 22 aromatic rings. The van der Waals surface area contributed by atoms with Gasteiger partial charge in [0.15, 0.2) is 0 Å². The van der Waals surface area contributed by atoms with Gasteiger partial charge in [-0.1, -0.05) is 243 Å². The highest BCUT2D eigenvalue weighted by molar-refractivity contribution is 6.14. The van der Waals surface area contributed by atoms with Gasteiger partial charge in [-0.25, -0.2) is 9.97 Å². The molecule has 0 radical (unpaired) electrons. The molecule has 0 fully saturated rings. The minimum atomic E-state index is 0.928. The van der Waals surface area contributed by atoms with E-state index in [1.807, 2.05) is 42.7 Å². The Bertz CT molecular complexity index is 6790. The van der Waals surface area contributed by atoms with E-state index in [4.69, 9.17) is 19.9 Å². The van der Waals surface area contributed by atoms with Crippen LogP contribution in [0.5, 0.6) is 0 Å². The van der Waals surface area contributed by atoms with E-state index in [9.17, 15) is 0 Å². The number of pyridine rings is 4. The molecule has 524 valence electrons. The molecule has 112 heavy (non-hydrogen) atoms. The average molecular weight is 1430 g/mol. The molecule has 0 bridgehead atoms. The largest absolute Gasteiger partial charge is 0.309 e. The van der Waals surface area contributed by atoms with Crippen LogP contribution in [0.15, 0.2) is 413 Å². The zero-order valence-corrected chi connectivity index (χ0v) is 60.8. The van der Waals surface area contributed by atoms with Crippen LogP contribution in [0.2, 0.25) is 0 Å². The number of aromatic nitrogens is 8. The van der Waals surface area contributed by atoms with Gasteiger partial charge in [0.05, 0.1) is 77.9 Å². The molecule has 22 rings (SSSR count). The maximum Gasteiger partial charge on any atom is 0.0963 e. The van der Waals surface area contributed by atoms with Crippen molar-refractivity contribution in [3.05, 3.63) is 413 Å². The van der Waals surface area contributed by atoms with Gasteiger partial charge >= 0.3 is 0 Å². The zero-order chi connectivity index (χ0) is 74.0. The van der Waals surface area contributed by atoms with Crippen LogP contribution >= 0.6 is 0 Å². The molecule has 0 N–H and O–H groups in total. The van der Waals surface area contributed by atoms with Gasteiger partial charge < -0.3 is 18.3 Å². The number of para-hydroxylation sites is 4. The van der Waals surface area contributed by atoms with Crippen LogP contribution in [0.3, 0.4) is 0 Å². The molecule has 0 amide bonds. The van der Waals surface area contributed by atoms with Crippen molar-refractivity contribution >= 4 is 87.5 Å². The monoisotopic (exact) mass is 1430 g/mol. The lowest BCUT2D eigenvalue weighted by molar-refractivity contribution is 1.17. The molecule has 8 nitrogen and oxygen atoms in total. The van der Waals surface area contributed by atoms with E-state index in [2.05, 4.69) is 388 Å². The Morgan fingerprint density at radius 2 is 0.429 bits per heavy atom. The SMILES string of the molecule is c1ccc(-c2cc(-c3cccc(-n4c5ccc(-c6ccc7c(c6)c6ccccc6n7-c6ccccc6)cc5c5ncccc54)c3)cc(-c3ccccc3)n2)cc1.c1ccc(-c2cc(-c3ccccc3)nc(-c3cccc(-n4c5ccc(-c6ccc7c(c6)c6ccccc6n7-c6ccccc6)cc5c5ncccc54)c3)c2)cc1. The van der Waals surface area contributed by atoms with Crippen molar-refractivity contribution in [3.8, 4) is 112 Å². The second-order valence-electron chi connectivity index (χ2n) is 28.5. The predicted molar refractivity (Wildman–Crippen MR) is 465 cm³/mol. The third-order valence-corrected chi connectivity index (χ3v) is 21.9. The van der Waals surface area contributed by atoms with Crippen LogP contribution in [0.4, 0.5) is 0 Å². The molecular weight excluding hydrogens is 1360 g/mol. The maximum atomic E-state index is 5.23. The van der Waals surface area contributed by atoms with E-state index in [-0.39, 0.29) is 0 Å². The lowest BCUT2D eigenvalue weighted by Crippen LogP contribution is -1.96. The average Bonchev–Trinajstić information content (AvgIpc) is 1.58. The fraction of sp³-hybridized carbons (Fsp3) is 0. The molecule has 0 saturated heterocycles. The number of hydrogen-bond acceptors (Lipinski definition) is 4. The quantitative estimate of drug-likeness (QED) is 0.122. The Morgan fingerprint density at radius 3 is 0.848 bits per heavy atom. The van der Waals surface area contributed by atoms with Crippen molar-refractivity contribution in [2.45, 2.75) is 0 Å². The Kier molecular flexibility index (Phi) is 16.1. The van der Waals surface area contributed by atoms with Gasteiger partial charge in [0.25, 0.3) is 0 Å². The van der Waals surface area contributed by atoms with Crippen LogP contribution in [0.1, 0.15) is 0 Å². The fourth-order valence-electron chi connectivity index (χ4n) is 16.7. The highest BCUT2D eigenvalue weighted by Gasteiger charge is 2.22. The summed E-state index contributed by atoms with van der Waals surface area (Å²) in [5.41, 5.74) is 32.9. The van der Waals surface area contributed by atoms with E-state index in [1.54, 1.807) is 0 Å². The van der Waals surface area contributed by atoms with Crippen molar-refractivity contribution in [3.63, 3.8) is 0 Å². The van der Waals surface area contributed by atoms with Gasteiger partial charge in [0.2, 0.25) is 0 Å². The molecule has 0 unspecified atom stereocenters. The van der Waals surface area contributed by atoms with E-state index < -0.39 is 0 Å².